The fourth-order valence-electron chi connectivity index (χ4n) is 8.43. The lowest BCUT2D eigenvalue weighted by atomic mass is 10.0. The van der Waals surface area contributed by atoms with Crippen LogP contribution in [0, 0.1) is 0 Å². The lowest BCUT2D eigenvalue weighted by Gasteiger charge is -2.24. The average Bonchev–Trinajstić information content (AvgIpc) is 3.22. The van der Waals surface area contributed by atoms with E-state index in [1.165, 1.54) is 212 Å². The molecule has 3 atom stereocenters. The highest BCUT2D eigenvalue weighted by Gasteiger charge is 2.24. The van der Waals surface area contributed by atoms with Crippen molar-refractivity contribution in [3.63, 3.8) is 0 Å². The fraction of sp³-hybridized carbons (Fsp3) is 0.962. The van der Waals surface area contributed by atoms with E-state index in [-0.39, 0.29) is 24.9 Å². The number of rotatable bonds is 48. The number of ether oxygens (including phenoxy) is 1. The first kappa shape index (κ1) is 56.9. The molecule has 1 amide bonds. The van der Waals surface area contributed by atoms with Gasteiger partial charge in [-0.05, 0) is 25.7 Å². The van der Waals surface area contributed by atoms with Crippen molar-refractivity contribution in [2.45, 2.75) is 315 Å². The van der Waals surface area contributed by atoms with Crippen LogP contribution in [0.4, 0.5) is 0 Å². The number of unbranched alkanes of at least 4 members (excludes halogenated alkanes) is 36. The standard InChI is InChI=1S/C52H103NO5/c1-4-7-10-13-16-19-22-25-28-31-34-37-40-43-48(58-52(57)45-42-39-36-33-30-27-24-21-18-15-12-9-6-3)46-51(56)53-49(47-54)50(55)44-41-38-35-32-29-26-23-20-17-14-11-8-5-2/h48-50,54-55H,4-47H2,1-3H3,(H,53,56). The molecule has 0 aromatic rings. The minimum Gasteiger partial charge on any atom is -0.462 e. The van der Waals surface area contributed by atoms with Crippen LogP contribution in [0.15, 0.2) is 0 Å². The molecular weight excluding hydrogens is 719 g/mol. The molecule has 0 heterocycles. The number of hydrogen-bond donors (Lipinski definition) is 3. The second kappa shape index (κ2) is 46.9. The predicted octanol–water partition coefficient (Wildman–Crippen LogP) is 15.6. The Bertz CT molecular complexity index is 837. The summed E-state index contributed by atoms with van der Waals surface area (Å²) in [6.45, 7) is 6.51. The Balaban J connectivity index is 4.51. The molecule has 0 spiro atoms. The zero-order valence-corrected chi connectivity index (χ0v) is 39.5. The smallest absolute Gasteiger partial charge is 0.306 e. The van der Waals surface area contributed by atoms with Gasteiger partial charge in [0.05, 0.1) is 25.2 Å². The molecule has 0 bridgehead atoms. The summed E-state index contributed by atoms with van der Waals surface area (Å²) in [6, 6.07) is -0.691. The molecule has 0 saturated carbocycles. The van der Waals surface area contributed by atoms with Crippen LogP contribution in [0.5, 0.6) is 0 Å². The molecule has 0 aromatic heterocycles. The molecule has 6 heteroatoms. The van der Waals surface area contributed by atoms with Crippen molar-refractivity contribution >= 4 is 11.9 Å². The summed E-state index contributed by atoms with van der Waals surface area (Å²) in [5.74, 6) is -0.450. The second-order valence-electron chi connectivity index (χ2n) is 18.3. The van der Waals surface area contributed by atoms with Gasteiger partial charge in [-0.2, -0.15) is 0 Å². The number of hydrogen-bond acceptors (Lipinski definition) is 5. The number of carbonyl (C=O) groups is 2. The Labute approximate surface area is 362 Å². The van der Waals surface area contributed by atoms with E-state index in [9.17, 15) is 19.8 Å². The van der Waals surface area contributed by atoms with Gasteiger partial charge in [0.2, 0.25) is 5.91 Å². The minimum atomic E-state index is -0.778. The molecule has 3 N–H and O–H groups in total. The topological polar surface area (TPSA) is 95.9 Å². The van der Waals surface area contributed by atoms with Gasteiger partial charge in [0.1, 0.15) is 6.10 Å². The normalized spacial score (nSPS) is 13.1. The largest absolute Gasteiger partial charge is 0.462 e. The maximum Gasteiger partial charge on any atom is 0.306 e. The van der Waals surface area contributed by atoms with Gasteiger partial charge < -0.3 is 20.3 Å². The SMILES string of the molecule is CCCCCCCCCCCCCCCC(=O)OC(CCCCCCCCCCCCCCC)CC(=O)NC(CO)C(O)CCCCCCCCCCCCCCC. The van der Waals surface area contributed by atoms with E-state index < -0.39 is 18.2 Å². The molecule has 346 valence electrons. The van der Waals surface area contributed by atoms with Gasteiger partial charge in [0.15, 0.2) is 0 Å². The third-order valence-corrected chi connectivity index (χ3v) is 12.4. The summed E-state index contributed by atoms with van der Waals surface area (Å²) in [5.41, 5.74) is 0. The fourth-order valence-corrected chi connectivity index (χ4v) is 8.43. The maximum absolute atomic E-state index is 13.2. The van der Waals surface area contributed by atoms with Crippen LogP contribution in [-0.4, -0.2) is 46.9 Å². The number of esters is 1. The van der Waals surface area contributed by atoms with Gasteiger partial charge in [-0.1, -0.05) is 258 Å². The van der Waals surface area contributed by atoms with Crippen LogP contribution < -0.4 is 5.32 Å². The summed E-state index contributed by atoms with van der Waals surface area (Å²) >= 11 is 0. The lowest BCUT2D eigenvalue weighted by molar-refractivity contribution is -0.151. The number of carbonyl (C=O) groups excluding carboxylic acids is 2. The Morgan fingerprint density at radius 1 is 0.431 bits per heavy atom. The number of aliphatic hydroxyl groups excluding tert-OH is 2. The summed E-state index contributed by atoms with van der Waals surface area (Å²) < 4.78 is 5.94. The molecule has 0 aliphatic heterocycles. The third kappa shape index (κ3) is 41.6. The molecule has 0 aromatic carbocycles. The Morgan fingerprint density at radius 3 is 1.05 bits per heavy atom. The van der Waals surface area contributed by atoms with E-state index in [4.69, 9.17) is 4.74 Å². The van der Waals surface area contributed by atoms with E-state index >= 15 is 0 Å². The van der Waals surface area contributed by atoms with Crippen molar-refractivity contribution in [2.24, 2.45) is 0 Å². The molecule has 0 aliphatic carbocycles. The van der Waals surface area contributed by atoms with E-state index in [1.807, 2.05) is 0 Å². The lowest BCUT2D eigenvalue weighted by Crippen LogP contribution is -2.46. The zero-order chi connectivity index (χ0) is 42.4. The van der Waals surface area contributed by atoms with Crippen LogP contribution in [-0.2, 0) is 14.3 Å². The van der Waals surface area contributed by atoms with Gasteiger partial charge in [0.25, 0.3) is 0 Å². The highest BCUT2D eigenvalue weighted by atomic mass is 16.5. The molecule has 0 rings (SSSR count). The molecule has 58 heavy (non-hydrogen) atoms. The van der Waals surface area contributed by atoms with Crippen molar-refractivity contribution in [3.05, 3.63) is 0 Å². The Hall–Kier alpha value is -1.14. The Kier molecular flexibility index (Phi) is 46.0. The molecule has 0 aliphatic rings. The minimum absolute atomic E-state index is 0.0879. The van der Waals surface area contributed by atoms with E-state index in [0.29, 0.717) is 19.3 Å². The van der Waals surface area contributed by atoms with Crippen LogP contribution >= 0.6 is 0 Å². The van der Waals surface area contributed by atoms with Crippen LogP contribution in [0.1, 0.15) is 297 Å². The predicted molar refractivity (Wildman–Crippen MR) is 250 cm³/mol. The second-order valence-corrected chi connectivity index (χ2v) is 18.3. The van der Waals surface area contributed by atoms with Crippen molar-refractivity contribution in [1.29, 1.82) is 0 Å². The van der Waals surface area contributed by atoms with E-state index in [1.54, 1.807) is 0 Å². The first-order chi connectivity index (χ1) is 28.5. The molecule has 0 saturated heterocycles. The molecule has 3 unspecified atom stereocenters. The third-order valence-electron chi connectivity index (χ3n) is 12.4. The number of amides is 1. The summed E-state index contributed by atoms with van der Waals surface area (Å²) in [5, 5.41) is 23.8. The van der Waals surface area contributed by atoms with Gasteiger partial charge in [-0.15, -0.1) is 0 Å². The monoisotopic (exact) mass is 822 g/mol. The summed E-state index contributed by atoms with van der Waals surface area (Å²) in [4.78, 5) is 26.1. The zero-order valence-electron chi connectivity index (χ0n) is 39.5. The van der Waals surface area contributed by atoms with Gasteiger partial charge in [-0.3, -0.25) is 9.59 Å². The van der Waals surface area contributed by atoms with Gasteiger partial charge in [-0.25, -0.2) is 0 Å². The van der Waals surface area contributed by atoms with Gasteiger partial charge in [0, 0.05) is 6.42 Å². The number of nitrogens with one attached hydrogen (secondary N) is 1. The van der Waals surface area contributed by atoms with Crippen molar-refractivity contribution in [2.75, 3.05) is 6.61 Å². The molecular formula is C52H103NO5. The molecule has 0 radical (unpaired) electrons. The van der Waals surface area contributed by atoms with Crippen molar-refractivity contribution in [1.82, 2.24) is 5.32 Å². The summed E-state index contributed by atoms with van der Waals surface area (Å²) in [6.07, 6.45) is 50.1. The molecule has 0 fully saturated rings. The van der Waals surface area contributed by atoms with Crippen LogP contribution in [0.25, 0.3) is 0 Å². The quantitative estimate of drug-likeness (QED) is 0.0420. The summed E-state index contributed by atoms with van der Waals surface area (Å²) in [7, 11) is 0. The first-order valence-electron chi connectivity index (χ1n) is 26.3. The number of aliphatic hydroxyl groups is 2. The first-order valence-corrected chi connectivity index (χ1v) is 26.3. The highest BCUT2D eigenvalue weighted by molar-refractivity contribution is 5.77. The average molecular weight is 822 g/mol. The Morgan fingerprint density at radius 2 is 0.724 bits per heavy atom. The van der Waals surface area contributed by atoms with E-state index in [0.717, 1.165) is 38.5 Å². The van der Waals surface area contributed by atoms with Gasteiger partial charge >= 0.3 is 5.97 Å². The van der Waals surface area contributed by atoms with Crippen molar-refractivity contribution < 1.29 is 24.5 Å². The highest BCUT2D eigenvalue weighted by Crippen LogP contribution is 2.19. The van der Waals surface area contributed by atoms with Crippen LogP contribution in [0.2, 0.25) is 0 Å². The molecule has 6 nitrogen and oxygen atoms in total. The van der Waals surface area contributed by atoms with E-state index in [2.05, 4.69) is 26.1 Å². The van der Waals surface area contributed by atoms with Crippen molar-refractivity contribution in [3.8, 4) is 0 Å². The van der Waals surface area contributed by atoms with Crippen LogP contribution in [0.3, 0.4) is 0 Å². The maximum atomic E-state index is 13.2.